The van der Waals surface area contributed by atoms with Crippen LogP contribution in [-0.2, 0) is 4.74 Å². The Morgan fingerprint density at radius 3 is 3.08 bits per heavy atom. The third-order valence-electron chi connectivity index (χ3n) is 2.27. The number of ether oxygens (including phenoxy) is 1. The Kier molecular flexibility index (Phi) is 1.77. The molecule has 1 saturated heterocycles. The second-order valence-electron chi connectivity index (χ2n) is 3.12. The van der Waals surface area contributed by atoms with Crippen molar-refractivity contribution in [2.75, 3.05) is 13.2 Å². The fourth-order valence-corrected chi connectivity index (χ4v) is 1.64. The van der Waals surface area contributed by atoms with Crippen molar-refractivity contribution < 1.29 is 4.74 Å². The fourth-order valence-electron chi connectivity index (χ4n) is 1.64. The summed E-state index contributed by atoms with van der Waals surface area (Å²) in [4.78, 5) is 13.9. The lowest BCUT2D eigenvalue weighted by Crippen LogP contribution is -2.23. The lowest BCUT2D eigenvalue weighted by atomic mass is 10.2. The van der Waals surface area contributed by atoms with Crippen molar-refractivity contribution >= 4 is 0 Å². The third kappa shape index (κ3) is 1.08. The van der Waals surface area contributed by atoms with Gasteiger partial charge in [-0.2, -0.15) is 0 Å². The molecule has 0 aromatic carbocycles. The van der Waals surface area contributed by atoms with E-state index in [1.54, 1.807) is 10.8 Å². The van der Waals surface area contributed by atoms with Crippen LogP contribution in [0, 0.1) is 6.92 Å². The fraction of sp³-hybridized carbons (Fsp3) is 0.625. The average molecular weight is 168 g/mol. The van der Waals surface area contributed by atoms with Gasteiger partial charge in [-0.25, -0.2) is 4.79 Å². The predicted molar refractivity (Wildman–Crippen MR) is 44.3 cm³/mol. The van der Waals surface area contributed by atoms with Crippen molar-refractivity contribution in [1.29, 1.82) is 0 Å². The molecule has 0 amide bonds. The van der Waals surface area contributed by atoms with Gasteiger partial charge in [-0.1, -0.05) is 0 Å². The second kappa shape index (κ2) is 2.79. The zero-order valence-electron chi connectivity index (χ0n) is 7.04. The van der Waals surface area contributed by atoms with Crippen LogP contribution in [0.5, 0.6) is 0 Å². The van der Waals surface area contributed by atoms with Gasteiger partial charge < -0.3 is 9.72 Å². The summed E-state index contributed by atoms with van der Waals surface area (Å²) in [7, 11) is 0. The number of H-pyrrole nitrogens is 1. The lowest BCUT2D eigenvalue weighted by Gasteiger charge is -2.09. The number of nitrogens with one attached hydrogen (secondary N) is 1. The van der Waals surface area contributed by atoms with E-state index in [0.29, 0.717) is 6.61 Å². The monoisotopic (exact) mass is 168 g/mol. The van der Waals surface area contributed by atoms with E-state index in [0.717, 1.165) is 18.7 Å². The summed E-state index contributed by atoms with van der Waals surface area (Å²) in [6.45, 7) is 3.36. The molecule has 4 nitrogen and oxygen atoms in total. The van der Waals surface area contributed by atoms with Crippen LogP contribution in [0.25, 0.3) is 0 Å². The molecule has 1 aliphatic heterocycles. The first-order valence-corrected chi connectivity index (χ1v) is 4.13. The molecule has 1 aromatic rings. The van der Waals surface area contributed by atoms with E-state index in [9.17, 15) is 4.79 Å². The van der Waals surface area contributed by atoms with Crippen LogP contribution in [0.3, 0.4) is 0 Å². The molecule has 0 aliphatic carbocycles. The van der Waals surface area contributed by atoms with Crippen molar-refractivity contribution in [3.8, 4) is 0 Å². The first-order chi connectivity index (χ1) is 5.79. The number of hydrogen-bond acceptors (Lipinski definition) is 2. The predicted octanol–water partition coefficient (Wildman–Crippen LogP) is 0.446. The normalized spacial score (nSPS) is 23.2. The summed E-state index contributed by atoms with van der Waals surface area (Å²) in [6, 6.07) is 0.240. The molecule has 1 N–H and O–H groups in total. The molecular formula is C8H12N2O2. The Balaban J connectivity index is 2.37. The summed E-state index contributed by atoms with van der Waals surface area (Å²) < 4.78 is 6.99. The molecule has 66 valence electrons. The van der Waals surface area contributed by atoms with E-state index in [-0.39, 0.29) is 11.7 Å². The standard InChI is InChI=1S/C8H12N2O2/c1-6-4-9-8(11)10(6)7-2-3-12-5-7/h4,7H,2-3,5H2,1H3,(H,9,11). The van der Waals surface area contributed by atoms with Gasteiger partial charge in [0, 0.05) is 18.5 Å². The molecule has 1 fully saturated rings. The van der Waals surface area contributed by atoms with Gasteiger partial charge in [0.1, 0.15) is 0 Å². The summed E-state index contributed by atoms with van der Waals surface area (Å²) in [5, 5.41) is 0. The van der Waals surface area contributed by atoms with E-state index < -0.39 is 0 Å². The molecular weight excluding hydrogens is 156 g/mol. The van der Waals surface area contributed by atoms with E-state index in [1.807, 2.05) is 6.92 Å². The topological polar surface area (TPSA) is 47.0 Å². The van der Waals surface area contributed by atoms with Gasteiger partial charge in [0.15, 0.2) is 0 Å². The van der Waals surface area contributed by atoms with Gasteiger partial charge >= 0.3 is 5.69 Å². The minimum absolute atomic E-state index is 0.0250. The molecule has 1 aromatic heterocycles. The number of aromatic amines is 1. The first-order valence-electron chi connectivity index (χ1n) is 4.13. The molecule has 0 saturated carbocycles. The Morgan fingerprint density at radius 1 is 1.75 bits per heavy atom. The van der Waals surface area contributed by atoms with Gasteiger partial charge in [0.05, 0.1) is 12.6 Å². The summed E-state index contributed by atoms with van der Waals surface area (Å²) in [5.41, 5.74) is 0.957. The maximum atomic E-state index is 11.3. The Bertz CT molecular complexity index is 320. The van der Waals surface area contributed by atoms with E-state index in [1.165, 1.54) is 0 Å². The molecule has 12 heavy (non-hydrogen) atoms. The summed E-state index contributed by atoms with van der Waals surface area (Å²) >= 11 is 0. The highest BCUT2D eigenvalue weighted by molar-refractivity contribution is 4.98. The molecule has 1 atom stereocenters. The maximum absolute atomic E-state index is 11.3. The van der Waals surface area contributed by atoms with Crippen molar-refractivity contribution in [3.63, 3.8) is 0 Å². The average Bonchev–Trinajstić information content (AvgIpc) is 2.61. The van der Waals surface area contributed by atoms with Crippen molar-refractivity contribution in [2.24, 2.45) is 0 Å². The van der Waals surface area contributed by atoms with Crippen LogP contribution >= 0.6 is 0 Å². The molecule has 1 aliphatic rings. The second-order valence-corrected chi connectivity index (χ2v) is 3.12. The van der Waals surface area contributed by atoms with Crippen molar-refractivity contribution in [3.05, 3.63) is 22.4 Å². The smallest absolute Gasteiger partial charge is 0.326 e. The van der Waals surface area contributed by atoms with Crippen LogP contribution in [0.2, 0.25) is 0 Å². The van der Waals surface area contributed by atoms with Crippen LogP contribution < -0.4 is 5.69 Å². The highest BCUT2D eigenvalue weighted by Crippen LogP contribution is 2.17. The maximum Gasteiger partial charge on any atom is 0.326 e. The molecule has 2 heterocycles. The number of imidazole rings is 1. The molecule has 0 spiro atoms. The van der Waals surface area contributed by atoms with Crippen molar-refractivity contribution in [1.82, 2.24) is 9.55 Å². The highest BCUT2D eigenvalue weighted by atomic mass is 16.5. The first kappa shape index (κ1) is 7.61. The van der Waals surface area contributed by atoms with Gasteiger partial charge in [-0.15, -0.1) is 0 Å². The SMILES string of the molecule is Cc1c[nH]c(=O)n1C1CCOC1. The minimum atomic E-state index is -0.0250. The number of rotatable bonds is 1. The minimum Gasteiger partial charge on any atom is -0.379 e. The Labute approximate surface area is 70.2 Å². The highest BCUT2D eigenvalue weighted by Gasteiger charge is 2.20. The molecule has 1 unspecified atom stereocenters. The van der Waals surface area contributed by atoms with Gasteiger partial charge in [-0.05, 0) is 13.3 Å². The van der Waals surface area contributed by atoms with E-state index >= 15 is 0 Å². The zero-order chi connectivity index (χ0) is 8.55. The van der Waals surface area contributed by atoms with Gasteiger partial charge in [-0.3, -0.25) is 4.57 Å². The third-order valence-corrected chi connectivity index (χ3v) is 2.27. The van der Waals surface area contributed by atoms with E-state index in [4.69, 9.17) is 4.74 Å². The van der Waals surface area contributed by atoms with Crippen LogP contribution in [0.4, 0.5) is 0 Å². The van der Waals surface area contributed by atoms with E-state index in [2.05, 4.69) is 4.98 Å². The number of hydrogen-bond donors (Lipinski definition) is 1. The Hall–Kier alpha value is -1.03. The largest absolute Gasteiger partial charge is 0.379 e. The lowest BCUT2D eigenvalue weighted by molar-refractivity contribution is 0.185. The van der Waals surface area contributed by atoms with Crippen LogP contribution in [0.15, 0.2) is 11.0 Å². The number of nitrogens with zero attached hydrogens (tertiary/aromatic N) is 1. The zero-order valence-corrected chi connectivity index (χ0v) is 7.04. The summed E-state index contributed by atoms with van der Waals surface area (Å²) in [6.07, 6.45) is 2.68. The molecule has 0 radical (unpaired) electrons. The number of aromatic nitrogens is 2. The number of aryl methyl sites for hydroxylation is 1. The molecule has 0 bridgehead atoms. The van der Waals surface area contributed by atoms with Crippen molar-refractivity contribution in [2.45, 2.75) is 19.4 Å². The van der Waals surface area contributed by atoms with Crippen LogP contribution in [-0.4, -0.2) is 22.8 Å². The van der Waals surface area contributed by atoms with Crippen LogP contribution in [0.1, 0.15) is 18.2 Å². The quantitative estimate of drug-likeness (QED) is 0.661. The molecule has 2 rings (SSSR count). The molecule has 4 heteroatoms. The Morgan fingerprint density at radius 2 is 2.58 bits per heavy atom. The van der Waals surface area contributed by atoms with Gasteiger partial charge in [0.25, 0.3) is 0 Å². The summed E-state index contributed by atoms with van der Waals surface area (Å²) in [5.74, 6) is 0. The van der Waals surface area contributed by atoms with Gasteiger partial charge in [0.2, 0.25) is 0 Å².